The van der Waals surface area contributed by atoms with Gasteiger partial charge in [0.25, 0.3) is 0 Å². The molecule has 220 valence electrons. The molecular weight excluding hydrogens is 502 g/mol. The molecule has 5 aliphatic carbocycles. The molecule has 7 rings (SSSR count). The highest BCUT2D eigenvalue weighted by atomic mass is 16.5. The number of Topliss-reactive ketones (excluding diaryl/α,β-unsaturated/α-hetero) is 1. The summed E-state index contributed by atoms with van der Waals surface area (Å²) in [6.07, 6.45) is 13.8. The number of fused-ring (bicyclic) bond motifs is 5. The van der Waals surface area contributed by atoms with Gasteiger partial charge in [0.15, 0.2) is 5.78 Å². The Morgan fingerprint density at radius 1 is 0.854 bits per heavy atom. The SMILES string of the molecule is CC1(C)CC[C@]23CC[C@]4(C)[C@H](CC[C@@H]5[C@@]6(C)C/C(=C\c7ccc(C#N)cc7)C(=O)C(C)(C)[C@H]6CC[C@]54C)[C@@H]2[C@H]1OC3. The molecule has 1 heterocycles. The van der Waals surface area contributed by atoms with Crippen molar-refractivity contribution in [1.29, 1.82) is 5.26 Å². The minimum Gasteiger partial charge on any atom is -0.377 e. The lowest BCUT2D eigenvalue weighted by molar-refractivity contribution is -0.236. The molecule has 3 heteroatoms. The minimum absolute atomic E-state index is 0.104. The molecule has 0 radical (unpaired) electrons. The molecule has 1 aromatic rings. The van der Waals surface area contributed by atoms with E-state index in [9.17, 15) is 10.1 Å². The normalized spacial score (nSPS) is 48.4. The van der Waals surface area contributed by atoms with Gasteiger partial charge >= 0.3 is 0 Å². The van der Waals surface area contributed by atoms with Gasteiger partial charge in [-0.2, -0.15) is 5.26 Å². The second kappa shape index (κ2) is 8.59. The summed E-state index contributed by atoms with van der Waals surface area (Å²) in [4.78, 5) is 14.1. The fourth-order valence-corrected chi connectivity index (χ4v) is 12.8. The van der Waals surface area contributed by atoms with Crippen molar-refractivity contribution in [2.45, 2.75) is 112 Å². The molecule has 0 unspecified atom stereocenters. The Balaban J connectivity index is 1.27. The Kier molecular flexibility index (Phi) is 5.84. The topological polar surface area (TPSA) is 50.1 Å². The lowest BCUT2D eigenvalue weighted by Crippen LogP contribution is -2.67. The third-order valence-electron chi connectivity index (χ3n) is 15.1. The Morgan fingerprint density at radius 2 is 1.56 bits per heavy atom. The number of benzene rings is 1. The van der Waals surface area contributed by atoms with E-state index >= 15 is 0 Å². The molecular formula is C38H51NO2. The van der Waals surface area contributed by atoms with Crippen molar-refractivity contribution in [2.75, 3.05) is 6.61 Å². The molecule has 5 saturated carbocycles. The lowest BCUT2D eigenvalue weighted by atomic mass is 9.31. The largest absolute Gasteiger partial charge is 0.377 e. The maximum absolute atomic E-state index is 14.1. The molecule has 2 bridgehead atoms. The van der Waals surface area contributed by atoms with Crippen LogP contribution in [0.2, 0.25) is 0 Å². The third kappa shape index (κ3) is 3.50. The Hall–Kier alpha value is -1.92. The number of ether oxygens (including phenoxy) is 1. The van der Waals surface area contributed by atoms with E-state index in [0.717, 1.165) is 36.5 Å². The van der Waals surface area contributed by atoms with Gasteiger partial charge in [-0.15, -0.1) is 0 Å². The van der Waals surface area contributed by atoms with Gasteiger partial charge in [-0.3, -0.25) is 4.79 Å². The zero-order chi connectivity index (χ0) is 29.2. The minimum atomic E-state index is -0.360. The van der Waals surface area contributed by atoms with Crippen LogP contribution in [0, 0.1) is 67.5 Å². The fraction of sp³-hybridized carbons (Fsp3) is 0.737. The molecule has 3 nitrogen and oxygen atoms in total. The van der Waals surface area contributed by atoms with Crippen LogP contribution in [0.15, 0.2) is 29.8 Å². The van der Waals surface area contributed by atoms with Crippen LogP contribution in [0.3, 0.4) is 0 Å². The van der Waals surface area contributed by atoms with Gasteiger partial charge in [-0.05, 0) is 138 Å². The molecule has 1 saturated heterocycles. The highest BCUT2D eigenvalue weighted by molar-refractivity contribution is 6.04. The van der Waals surface area contributed by atoms with E-state index in [1.165, 1.54) is 44.9 Å². The number of rotatable bonds is 1. The standard InChI is InChI=1S/C38H51NO2/c1-33(2)16-18-38-19-17-36(6)27(30(38)32(33)41-23-38)12-13-29-35(5)21-26(20-24-8-10-25(22-39)11-9-24)31(40)34(3,4)28(35)14-15-37(29,36)7/h8-11,20,27-30,32H,12-19,21,23H2,1-7H3/b26-20+/t27-,28-,29-,30-,32-,35+,36-,37-,38-/m1/s1. The monoisotopic (exact) mass is 553 g/mol. The lowest BCUT2D eigenvalue weighted by Gasteiger charge is -2.73. The zero-order valence-electron chi connectivity index (χ0n) is 26.6. The fourth-order valence-electron chi connectivity index (χ4n) is 12.8. The van der Waals surface area contributed by atoms with E-state index in [1.807, 2.05) is 24.3 Å². The first-order chi connectivity index (χ1) is 19.2. The Labute approximate surface area is 248 Å². The maximum Gasteiger partial charge on any atom is 0.164 e. The molecule has 6 aliphatic rings. The number of allylic oxidation sites excluding steroid dienone is 1. The first-order valence-electron chi connectivity index (χ1n) is 16.6. The van der Waals surface area contributed by atoms with Crippen molar-refractivity contribution >= 4 is 11.9 Å². The maximum atomic E-state index is 14.1. The number of carbonyl (C=O) groups is 1. The Morgan fingerprint density at radius 3 is 2.27 bits per heavy atom. The second-order valence-corrected chi connectivity index (χ2v) is 17.4. The molecule has 0 N–H and O–H groups in total. The van der Waals surface area contributed by atoms with Crippen molar-refractivity contribution in [3.8, 4) is 6.07 Å². The van der Waals surface area contributed by atoms with Crippen molar-refractivity contribution in [3.05, 3.63) is 41.0 Å². The third-order valence-corrected chi connectivity index (χ3v) is 15.1. The highest BCUT2D eigenvalue weighted by Crippen LogP contribution is 2.78. The summed E-state index contributed by atoms with van der Waals surface area (Å²) in [5, 5.41) is 9.26. The average molecular weight is 554 g/mol. The van der Waals surface area contributed by atoms with Crippen LogP contribution in [0.4, 0.5) is 0 Å². The van der Waals surface area contributed by atoms with E-state index < -0.39 is 0 Å². The van der Waals surface area contributed by atoms with Gasteiger partial charge in [0, 0.05) is 5.41 Å². The first-order valence-corrected chi connectivity index (χ1v) is 16.6. The molecule has 0 spiro atoms. The van der Waals surface area contributed by atoms with E-state index in [1.54, 1.807) is 0 Å². The van der Waals surface area contributed by atoms with Crippen LogP contribution in [0.1, 0.15) is 117 Å². The van der Waals surface area contributed by atoms with Crippen molar-refractivity contribution in [2.24, 2.45) is 56.2 Å². The van der Waals surface area contributed by atoms with Crippen LogP contribution in [0.25, 0.3) is 6.08 Å². The van der Waals surface area contributed by atoms with E-state index in [2.05, 4.69) is 60.6 Å². The van der Waals surface area contributed by atoms with E-state index in [-0.39, 0.29) is 21.7 Å². The molecule has 0 amide bonds. The second-order valence-electron chi connectivity index (χ2n) is 17.4. The predicted molar refractivity (Wildman–Crippen MR) is 164 cm³/mol. The quantitative estimate of drug-likeness (QED) is 0.326. The molecule has 41 heavy (non-hydrogen) atoms. The summed E-state index contributed by atoms with van der Waals surface area (Å²) in [5.41, 5.74) is 3.74. The van der Waals surface area contributed by atoms with Crippen LogP contribution >= 0.6 is 0 Å². The first kappa shape index (κ1) is 27.9. The summed E-state index contributed by atoms with van der Waals surface area (Å²) in [6, 6.07) is 9.95. The van der Waals surface area contributed by atoms with Crippen LogP contribution in [-0.2, 0) is 9.53 Å². The van der Waals surface area contributed by atoms with Gasteiger partial charge in [-0.25, -0.2) is 0 Å². The van der Waals surface area contributed by atoms with Crippen molar-refractivity contribution < 1.29 is 9.53 Å². The highest BCUT2D eigenvalue weighted by Gasteiger charge is 2.73. The number of hydrogen-bond acceptors (Lipinski definition) is 3. The summed E-state index contributed by atoms with van der Waals surface area (Å²) in [6.45, 7) is 18.4. The molecule has 0 aromatic heterocycles. The number of nitriles is 1. The molecule has 9 atom stereocenters. The predicted octanol–water partition coefficient (Wildman–Crippen LogP) is 9.01. The van der Waals surface area contributed by atoms with Gasteiger partial charge in [0.05, 0.1) is 24.3 Å². The zero-order valence-corrected chi connectivity index (χ0v) is 26.6. The van der Waals surface area contributed by atoms with Gasteiger partial charge in [-0.1, -0.05) is 60.6 Å². The van der Waals surface area contributed by atoms with E-state index in [0.29, 0.717) is 46.0 Å². The Bertz CT molecular complexity index is 1350. The molecule has 1 aliphatic heterocycles. The average Bonchev–Trinajstić information content (AvgIpc) is 3.26. The molecule has 1 aromatic carbocycles. The summed E-state index contributed by atoms with van der Waals surface area (Å²) in [5.74, 6) is 2.84. The number of nitrogens with zero attached hydrogens (tertiary/aromatic N) is 1. The van der Waals surface area contributed by atoms with Crippen LogP contribution in [0.5, 0.6) is 0 Å². The number of carbonyl (C=O) groups excluding carboxylic acids is 1. The summed E-state index contributed by atoms with van der Waals surface area (Å²) >= 11 is 0. The summed E-state index contributed by atoms with van der Waals surface area (Å²) < 4.78 is 6.76. The van der Waals surface area contributed by atoms with Crippen molar-refractivity contribution in [3.63, 3.8) is 0 Å². The van der Waals surface area contributed by atoms with Crippen LogP contribution in [-0.4, -0.2) is 18.5 Å². The van der Waals surface area contributed by atoms with Crippen molar-refractivity contribution in [1.82, 2.24) is 0 Å². The number of ketones is 1. The van der Waals surface area contributed by atoms with Crippen LogP contribution < -0.4 is 0 Å². The smallest absolute Gasteiger partial charge is 0.164 e. The summed E-state index contributed by atoms with van der Waals surface area (Å²) in [7, 11) is 0. The number of hydrogen-bond donors (Lipinski definition) is 0. The van der Waals surface area contributed by atoms with Gasteiger partial charge in [0.1, 0.15) is 0 Å². The van der Waals surface area contributed by atoms with Gasteiger partial charge < -0.3 is 4.74 Å². The van der Waals surface area contributed by atoms with E-state index in [4.69, 9.17) is 4.74 Å². The molecule has 6 fully saturated rings. The van der Waals surface area contributed by atoms with Gasteiger partial charge in [0.2, 0.25) is 0 Å².